The number of carbonyl (C=O) groups is 2. The molecule has 0 radical (unpaired) electrons. The van der Waals surface area contributed by atoms with Gasteiger partial charge in [-0.15, -0.1) is 0 Å². The zero-order valence-corrected chi connectivity index (χ0v) is 8.28. The Morgan fingerprint density at radius 2 is 2.29 bits per heavy atom. The van der Waals surface area contributed by atoms with Gasteiger partial charge in [0.25, 0.3) is 0 Å². The third kappa shape index (κ3) is 2.11. The fraction of sp³-hybridized carbons (Fsp3) is 0.375. The lowest BCUT2D eigenvalue weighted by Crippen LogP contribution is -2.16. The van der Waals surface area contributed by atoms with Crippen molar-refractivity contribution in [1.29, 1.82) is 0 Å². The molecule has 0 aliphatic carbocycles. The van der Waals surface area contributed by atoms with Gasteiger partial charge in [0.2, 0.25) is 0 Å². The van der Waals surface area contributed by atoms with Crippen molar-refractivity contribution in [1.82, 2.24) is 9.78 Å². The Morgan fingerprint density at radius 1 is 1.64 bits per heavy atom. The first-order valence-corrected chi connectivity index (χ1v) is 4.40. The molecular weight excluding hydrogens is 208 g/mol. The van der Waals surface area contributed by atoms with Gasteiger partial charge in [0.15, 0.2) is 11.5 Å². The van der Waals surface area contributed by atoms with Crippen LogP contribution in [0, 0.1) is 0 Å². The lowest BCUT2D eigenvalue weighted by Gasteiger charge is -2.01. The van der Waals surface area contributed by atoms with E-state index in [4.69, 9.17) is 16.7 Å². The minimum atomic E-state index is -1.18. The number of Topliss-reactive ketones (excluding diaryl/α,β-unsaturated/α-hetero) is 1. The number of carboxylic acid groups (broad SMARTS) is 1. The number of carboxylic acids is 1. The molecule has 0 atom stereocenters. The third-order valence-corrected chi connectivity index (χ3v) is 1.99. The van der Waals surface area contributed by atoms with Crippen molar-refractivity contribution in [2.24, 2.45) is 0 Å². The molecule has 1 heterocycles. The summed E-state index contributed by atoms with van der Waals surface area (Å²) < 4.78 is 1.09. The molecule has 0 spiro atoms. The van der Waals surface area contributed by atoms with Crippen LogP contribution in [0.3, 0.4) is 0 Å². The molecule has 1 rings (SSSR count). The summed E-state index contributed by atoms with van der Waals surface area (Å²) in [4.78, 5) is 21.8. The minimum absolute atomic E-state index is 0.0430. The third-order valence-electron chi connectivity index (χ3n) is 1.72. The first kappa shape index (κ1) is 10.7. The van der Waals surface area contributed by atoms with Gasteiger partial charge in [-0.3, -0.25) is 4.79 Å². The van der Waals surface area contributed by atoms with Crippen molar-refractivity contribution < 1.29 is 14.7 Å². The molecule has 76 valence electrons. The van der Waals surface area contributed by atoms with Crippen LogP contribution in [0.1, 0.15) is 23.8 Å². The molecule has 14 heavy (non-hydrogen) atoms. The molecule has 0 aliphatic heterocycles. The van der Waals surface area contributed by atoms with E-state index in [1.807, 2.05) is 0 Å². The Kier molecular flexibility index (Phi) is 3.24. The maximum Gasteiger partial charge on any atom is 0.355 e. The highest BCUT2D eigenvalue weighted by molar-refractivity contribution is 6.33. The van der Waals surface area contributed by atoms with E-state index in [1.165, 1.54) is 6.20 Å². The van der Waals surface area contributed by atoms with Gasteiger partial charge >= 0.3 is 5.97 Å². The number of aromatic nitrogens is 2. The molecule has 0 aliphatic rings. The molecule has 0 unspecified atom stereocenters. The maximum atomic E-state index is 11.1. The van der Waals surface area contributed by atoms with E-state index in [0.717, 1.165) is 4.68 Å². The molecule has 1 N–H and O–H groups in total. The SMILES string of the molecule is CCC(=O)Cn1ncc(Cl)c1C(=O)O. The van der Waals surface area contributed by atoms with Crippen LogP contribution in [0.15, 0.2) is 6.20 Å². The summed E-state index contributed by atoms with van der Waals surface area (Å²) in [6.07, 6.45) is 1.56. The zero-order valence-electron chi connectivity index (χ0n) is 7.53. The maximum absolute atomic E-state index is 11.1. The second-order valence-corrected chi connectivity index (χ2v) is 3.10. The zero-order chi connectivity index (χ0) is 10.7. The van der Waals surface area contributed by atoms with E-state index in [2.05, 4.69) is 5.10 Å². The molecule has 5 nitrogen and oxygen atoms in total. The summed E-state index contributed by atoms with van der Waals surface area (Å²) >= 11 is 5.59. The van der Waals surface area contributed by atoms with E-state index in [9.17, 15) is 9.59 Å². The van der Waals surface area contributed by atoms with Gasteiger partial charge in [-0.2, -0.15) is 5.10 Å². The topological polar surface area (TPSA) is 72.2 Å². The normalized spacial score (nSPS) is 10.1. The number of aromatic carboxylic acids is 1. The van der Waals surface area contributed by atoms with E-state index in [1.54, 1.807) is 6.92 Å². The molecule has 1 aromatic heterocycles. The summed E-state index contributed by atoms with van der Waals surface area (Å²) in [6.45, 7) is 1.65. The number of carbonyl (C=O) groups excluding carboxylic acids is 1. The van der Waals surface area contributed by atoms with Crippen molar-refractivity contribution in [2.45, 2.75) is 19.9 Å². The van der Waals surface area contributed by atoms with Gasteiger partial charge in [-0.25, -0.2) is 9.48 Å². The van der Waals surface area contributed by atoms with Gasteiger partial charge < -0.3 is 5.11 Å². The summed E-state index contributed by atoms with van der Waals surface area (Å²) in [5, 5.41) is 12.5. The predicted octanol–water partition coefficient (Wildman–Crippen LogP) is 1.21. The lowest BCUT2D eigenvalue weighted by atomic mass is 10.3. The minimum Gasteiger partial charge on any atom is -0.476 e. The van der Waals surface area contributed by atoms with Crippen LogP contribution in [0.4, 0.5) is 0 Å². The first-order chi connectivity index (χ1) is 6.56. The highest BCUT2D eigenvalue weighted by Gasteiger charge is 2.17. The summed E-state index contributed by atoms with van der Waals surface area (Å²) in [5.74, 6) is -1.27. The van der Waals surface area contributed by atoms with Gasteiger partial charge in [-0.1, -0.05) is 18.5 Å². The molecular formula is C8H9ClN2O3. The Labute approximate surface area is 85.3 Å². The van der Waals surface area contributed by atoms with Crippen LogP contribution in [-0.4, -0.2) is 26.6 Å². The van der Waals surface area contributed by atoms with Crippen molar-refractivity contribution in [3.63, 3.8) is 0 Å². The molecule has 6 heteroatoms. The van der Waals surface area contributed by atoms with Crippen molar-refractivity contribution >= 4 is 23.4 Å². The van der Waals surface area contributed by atoms with Gasteiger partial charge in [0.1, 0.15) is 6.54 Å². The Bertz CT molecular complexity index is 373. The largest absolute Gasteiger partial charge is 0.476 e. The second kappa shape index (κ2) is 4.23. The number of hydrogen-bond donors (Lipinski definition) is 1. The fourth-order valence-corrected chi connectivity index (χ4v) is 1.20. The number of ketones is 1. The van der Waals surface area contributed by atoms with Crippen LogP contribution in [0.5, 0.6) is 0 Å². The number of rotatable bonds is 4. The Morgan fingerprint density at radius 3 is 2.79 bits per heavy atom. The molecule has 0 bridgehead atoms. The standard InChI is InChI=1S/C8H9ClN2O3/c1-2-5(12)4-11-7(8(13)14)6(9)3-10-11/h3H,2,4H2,1H3,(H,13,14). The fourth-order valence-electron chi connectivity index (χ4n) is 0.974. The molecule has 1 aromatic rings. The van der Waals surface area contributed by atoms with Crippen molar-refractivity contribution in [3.8, 4) is 0 Å². The summed E-state index contributed by atoms with van der Waals surface area (Å²) in [6, 6.07) is 0. The van der Waals surface area contributed by atoms with E-state index >= 15 is 0 Å². The summed E-state index contributed by atoms with van der Waals surface area (Å²) in [5.41, 5.74) is -0.145. The molecule has 0 aromatic carbocycles. The number of nitrogens with zero attached hydrogens (tertiary/aromatic N) is 2. The van der Waals surface area contributed by atoms with Crippen LogP contribution >= 0.6 is 11.6 Å². The van der Waals surface area contributed by atoms with Gasteiger partial charge in [0.05, 0.1) is 11.2 Å². The highest BCUT2D eigenvalue weighted by atomic mass is 35.5. The van der Waals surface area contributed by atoms with Crippen LogP contribution < -0.4 is 0 Å². The smallest absolute Gasteiger partial charge is 0.355 e. The molecule has 0 fully saturated rings. The van der Waals surface area contributed by atoms with E-state index < -0.39 is 5.97 Å². The monoisotopic (exact) mass is 216 g/mol. The second-order valence-electron chi connectivity index (χ2n) is 2.70. The van der Waals surface area contributed by atoms with Crippen molar-refractivity contribution in [3.05, 3.63) is 16.9 Å². The summed E-state index contributed by atoms with van der Waals surface area (Å²) in [7, 11) is 0. The average molecular weight is 217 g/mol. The van der Waals surface area contributed by atoms with Crippen LogP contribution in [0.2, 0.25) is 5.02 Å². The van der Waals surface area contributed by atoms with Crippen LogP contribution in [-0.2, 0) is 11.3 Å². The Hall–Kier alpha value is -1.36. The predicted molar refractivity (Wildman–Crippen MR) is 49.5 cm³/mol. The number of hydrogen-bond acceptors (Lipinski definition) is 3. The highest BCUT2D eigenvalue weighted by Crippen LogP contribution is 2.14. The Balaban J connectivity index is 2.98. The molecule has 0 saturated heterocycles. The molecule has 0 amide bonds. The van der Waals surface area contributed by atoms with Crippen molar-refractivity contribution in [2.75, 3.05) is 0 Å². The lowest BCUT2D eigenvalue weighted by molar-refractivity contribution is -0.119. The average Bonchev–Trinajstić information content (AvgIpc) is 2.46. The number of halogens is 1. The molecule has 0 saturated carbocycles. The van der Waals surface area contributed by atoms with Gasteiger partial charge in [-0.05, 0) is 0 Å². The van der Waals surface area contributed by atoms with E-state index in [0.29, 0.717) is 6.42 Å². The quantitative estimate of drug-likeness (QED) is 0.821. The van der Waals surface area contributed by atoms with Gasteiger partial charge in [0, 0.05) is 6.42 Å². The van der Waals surface area contributed by atoms with E-state index in [-0.39, 0.29) is 23.0 Å². The first-order valence-electron chi connectivity index (χ1n) is 4.02. The van der Waals surface area contributed by atoms with Crippen LogP contribution in [0.25, 0.3) is 0 Å².